The summed E-state index contributed by atoms with van der Waals surface area (Å²) in [6.07, 6.45) is 6.39. The minimum atomic E-state index is -1.11. The number of carbonyl (C=O) groups excluding carboxylic acids is 2. The zero-order valence-corrected chi connectivity index (χ0v) is 17.0. The molecule has 2 aliphatic rings. The van der Waals surface area contributed by atoms with Crippen molar-refractivity contribution in [2.24, 2.45) is 0 Å². The molecule has 8 nitrogen and oxygen atoms in total. The summed E-state index contributed by atoms with van der Waals surface area (Å²) in [5.74, 6) is -0.873. The van der Waals surface area contributed by atoms with E-state index in [0.29, 0.717) is 15.8 Å². The van der Waals surface area contributed by atoms with E-state index < -0.39 is 18.6 Å². The van der Waals surface area contributed by atoms with Crippen LogP contribution in [0, 0.1) is 0 Å². The molecule has 0 unspecified atom stereocenters. The molecule has 28 heavy (non-hydrogen) atoms. The number of hydrogen-bond donors (Lipinski definition) is 2. The molecule has 2 N–H and O–H groups in total. The van der Waals surface area contributed by atoms with E-state index in [0.717, 1.165) is 32.1 Å². The maximum Gasteiger partial charge on any atom is 0.341 e. The number of imide groups is 1. The van der Waals surface area contributed by atoms with Crippen molar-refractivity contribution >= 4 is 39.9 Å². The predicted octanol–water partition coefficient (Wildman–Crippen LogP) is 3.15. The van der Waals surface area contributed by atoms with Gasteiger partial charge in [-0.05, 0) is 36.6 Å². The number of amides is 3. The highest BCUT2D eigenvalue weighted by Gasteiger charge is 2.39. The second kappa shape index (κ2) is 8.64. The van der Waals surface area contributed by atoms with Crippen molar-refractivity contribution in [1.29, 1.82) is 0 Å². The number of rotatable bonds is 6. The molecule has 1 heterocycles. The number of nitrogens with one attached hydrogen (secondary N) is 1. The zero-order chi connectivity index (χ0) is 20.3. The summed E-state index contributed by atoms with van der Waals surface area (Å²) in [5, 5.41) is 11.4. The van der Waals surface area contributed by atoms with Gasteiger partial charge < -0.3 is 19.9 Å². The molecule has 0 spiro atoms. The molecule has 2 fully saturated rings. The molecule has 3 rings (SSSR count). The summed E-state index contributed by atoms with van der Waals surface area (Å²) in [7, 11) is 1.43. The lowest BCUT2D eigenvalue weighted by atomic mass is 9.94. The number of carboxylic acid groups (broad SMARTS) is 1. The SMILES string of the molecule is COc1cc(/C=C2\NC(=O)N(C3CCCCC3)C2=O)c(Br)cc1OCC(=O)O. The summed E-state index contributed by atoms with van der Waals surface area (Å²) < 4.78 is 11.0. The van der Waals surface area contributed by atoms with Crippen LogP contribution in [0.1, 0.15) is 37.7 Å². The normalized spacial score (nSPS) is 19.1. The molecule has 0 bridgehead atoms. The van der Waals surface area contributed by atoms with E-state index >= 15 is 0 Å². The molecule has 150 valence electrons. The van der Waals surface area contributed by atoms with Crippen LogP contribution in [0.5, 0.6) is 11.5 Å². The molecule has 0 atom stereocenters. The van der Waals surface area contributed by atoms with Crippen LogP contribution in [0.2, 0.25) is 0 Å². The number of benzene rings is 1. The van der Waals surface area contributed by atoms with Gasteiger partial charge in [0.1, 0.15) is 5.70 Å². The van der Waals surface area contributed by atoms with Gasteiger partial charge in [0, 0.05) is 10.5 Å². The molecule has 0 radical (unpaired) electrons. The Bertz CT molecular complexity index is 832. The summed E-state index contributed by atoms with van der Waals surface area (Å²) in [5.41, 5.74) is 0.784. The molecular formula is C19H21BrN2O6. The van der Waals surface area contributed by atoms with Gasteiger partial charge in [0.2, 0.25) is 0 Å². The Morgan fingerprint density at radius 1 is 1.29 bits per heavy atom. The molecule has 1 saturated heterocycles. The Labute approximate surface area is 170 Å². The Kier molecular flexibility index (Phi) is 6.23. The minimum Gasteiger partial charge on any atom is -0.493 e. The van der Waals surface area contributed by atoms with Gasteiger partial charge in [-0.3, -0.25) is 9.69 Å². The van der Waals surface area contributed by atoms with Gasteiger partial charge in [-0.2, -0.15) is 0 Å². The first-order chi connectivity index (χ1) is 13.4. The molecule has 0 aromatic heterocycles. The lowest BCUT2D eigenvalue weighted by Crippen LogP contribution is -2.41. The first kappa shape index (κ1) is 20.2. The van der Waals surface area contributed by atoms with Crippen LogP contribution < -0.4 is 14.8 Å². The monoisotopic (exact) mass is 452 g/mol. The highest BCUT2D eigenvalue weighted by atomic mass is 79.9. The topological polar surface area (TPSA) is 105 Å². The minimum absolute atomic E-state index is 0.0584. The maximum absolute atomic E-state index is 12.8. The highest BCUT2D eigenvalue weighted by Crippen LogP contribution is 2.35. The summed E-state index contributed by atoms with van der Waals surface area (Å²) >= 11 is 3.39. The number of carbonyl (C=O) groups is 3. The zero-order valence-electron chi connectivity index (χ0n) is 15.4. The molecule has 1 aromatic rings. The number of nitrogens with zero attached hydrogens (tertiary/aromatic N) is 1. The molecule has 1 aromatic carbocycles. The number of halogens is 1. The maximum atomic E-state index is 12.8. The van der Waals surface area contributed by atoms with E-state index in [2.05, 4.69) is 21.2 Å². The predicted molar refractivity (Wildman–Crippen MR) is 104 cm³/mol. The van der Waals surface area contributed by atoms with E-state index in [9.17, 15) is 14.4 Å². The van der Waals surface area contributed by atoms with Gasteiger partial charge >= 0.3 is 12.0 Å². The van der Waals surface area contributed by atoms with Crippen LogP contribution >= 0.6 is 15.9 Å². The Morgan fingerprint density at radius 3 is 2.64 bits per heavy atom. The summed E-state index contributed by atoms with van der Waals surface area (Å²) in [6, 6.07) is 2.72. The van der Waals surface area contributed by atoms with E-state index in [1.165, 1.54) is 12.0 Å². The van der Waals surface area contributed by atoms with Gasteiger partial charge in [0.05, 0.1) is 7.11 Å². The van der Waals surface area contributed by atoms with Crippen molar-refractivity contribution in [1.82, 2.24) is 10.2 Å². The van der Waals surface area contributed by atoms with Crippen LogP contribution in [0.25, 0.3) is 6.08 Å². The summed E-state index contributed by atoms with van der Waals surface area (Å²) in [4.78, 5) is 37.1. The Balaban J connectivity index is 1.85. The average molecular weight is 453 g/mol. The van der Waals surface area contributed by atoms with Crippen molar-refractivity contribution in [3.05, 3.63) is 27.9 Å². The van der Waals surface area contributed by atoms with Crippen molar-refractivity contribution in [3.63, 3.8) is 0 Å². The smallest absolute Gasteiger partial charge is 0.341 e. The van der Waals surface area contributed by atoms with E-state index in [1.54, 1.807) is 18.2 Å². The van der Waals surface area contributed by atoms with Gasteiger partial charge in [0.15, 0.2) is 18.1 Å². The number of hydrogen-bond acceptors (Lipinski definition) is 5. The summed E-state index contributed by atoms with van der Waals surface area (Å²) in [6.45, 7) is -0.506. The lowest BCUT2D eigenvalue weighted by Gasteiger charge is -2.28. The molecule has 1 aliphatic heterocycles. The van der Waals surface area contributed by atoms with Crippen molar-refractivity contribution < 1.29 is 29.0 Å². The van der Waals surface area contributed by atoms with Crippen LogP contribution in [-0.2, 0) is 9.59 Å². The number of methoxy groups -OCH3 is 1. The fourth-order valence-electron chi connectivity index (χ4n) is 3.45. The van der Waals surface area contributed by atoms with Crippen LogP contribution in [-0.4, -0.2) is 47.7 Å². The average Bonchev–Trinajstić information content (AvgIpc) is 2.95. The van der Waals surface area contributed by atoms with Crippen molar-refractivity contribution in [2.75, 3.05) is 13.7 Å². The molecular weight excluding hydrogens is 432 g/mol. The lowest BCUT2D eigenvalue weighted by molar-refractivity contribution is -0.139. The van der Waals surface area contributed by atoms with Crippen LogP contribution in [0.15, 0.2) is 22.3 Å². The van der Waals surface area contributed by atoms with Crippen LogP contribution in [0.3, 0.4) is 0 Å². The van der Waals surface area contributed by atoms with Crippen molar-refractivity contribution in [2.45, 2.75) is 38.1 Å². The standard InChI is InChI=1S/C19H21BrN2O6/c1-27-15-8-11(13(20)9-16(15)28-10-17(23)24)7-14-18(25)22(19(26)21-14)12-5-3-2-4-6-12/h7-9,12H,2-6,10H2,1H3,(H,21,26)(H,23,24)/b14-7-. The number of carboxylic acids is 1. The van der Waals surface area contributed by atoms with E-state index in [1.807, 2.05) is 0 Å². The molecule has 1 saturated carbocycles. The van der Waals surface area contributed by atoms with Crippen LogP contribution in [0.4, 0.5) is 4.79 Å². The number of aliphatic carboxylic acids is 1. The largest absolute Gasteiger partial charge is 0.493 e. The molecule has 9 heteroatoms. The number of urea groups is 1. The third-order valence-electron chi connectivity index (χ3n) is 4.78. The van der Waals surface area contributed by atoms with Gasteiger partial charge in [0.25, 0.3) is 5.91 Å². The first-order valence-corrected chi connectivity index (χ1v) is 9.78. The second-order valence-corrected chi connectivity index (χ2v) is 7.52. The molecule has 3 amide bonds. The third kappa shape index (κ3) is 4.30. The fraction of sp³-hybridized carbons (Fsp3) is 0.421. The van der Waals surface area contributed by atoms with Crippen molar-refractivity contribution in [3.8, 4) is 11.5 Å². The first-order valence-electron chi connectivity index (χ1n) is 8.99. The second-order valence-electron chi connectivity index (χ2n) is 6.66. The molecule has 1 aliphatic carbocycles. The third-order valence-corrected chi connectivity index (χ3v) is 5.47. The quantitative estimate of drug-likeness (QED) is 0.507. The van der Waals surface area contributed by atoms with E-state index in [4.69, 9.17) is 14.6 Å². The Hall–Kier alpha value is -2.55. The highest BCUT2D eigenvalue weighted by molar-refractivity contribution is 9.10. The Morgan fingerprint density at radius 2 is 2.00 bits per heavy atom. The number of ether oxygens (including phenoxy) is 2. The van der Waals surface area contributed by atoms with Gasteiger partial charge in [-0.25, -0.2) is 9.59 Å². The van der Waals surface area contributed by atoms with Gasteiger partial charge in [-0.1, -0.05) is 35.2 Å². The fourth-order valence-corrected chi connectivity index (χ4v) is 3.89. The van der Waals surface area contributed by atoms with Gasteiger partial charge in [-0.15, -0.1) is 0 Å². The van der Waals surface area contributed by atoms with E-state index in [-0.39, 0.29) is 23.4 Å².